The van der Waals surface area contributed by atoms with E-state index in [0.717, 1.165) is 46.6 Å². The van der Waals surface area contributed by atoms with E-state index in [1.54, 1.807) is 0 Å². The van der Waals surface area contributed by atoms with Crippen LogP contribution in [-0.4, -0.2) is 13.0 Å². The van der Waals surface area contributed by atoms with Crippen molar-refractivity contribution >= 4 is 10.1 Å². The Balaban J connectivity index is 1.23. The van der Waals surface area contributed by atoms with E-state index in [0.29, 0.717) is 35.5 Å². The maximum Gasteiger partial charge on any atom is 0.125 e. The van der Waals surface area contributed by atoms with E-state index in [-0.39, 0.29) is 21.1 Å². The van der Waals surface area contributed by atoms with Crippen molar-refractivity contribution in [1.29, 1.82) is 0 Å². The highest BCUT2D eigenvalue weighted by Gasteiger charge is 2.61. The third-order valence-corrected chi connectivity index (χ3v) is 18.6. The van der Waals surface area contributed by atoms with Crippen LogP contribution < -0.4 is 0 Å². The first-order valence-electron chi connectivity index (χ1n) is 18.6. The van der Waals surface area contributed by atoms with Crippen molar-refractivity contribution in [2.45, 2.75) is 138 Å². The lowest BCUT2D eigenvalue weighted by atomic mass is 9.41. The van der Waals surface area contributed by atoms with Gasteiger partial charge in [-0.2, -0.15) is 0 Å². The van der Waals surface area contributed by atoms with Crippen LogP contribution in [0.15, 0.2) is 17.0 Å². The number of rotatable bonds is 4. The summed E-state index contributed by atoms with van der Waals surface area (Å²) in [5, 5.41) is 0. The Labute approximate surface area is 260 Å². The van der Waals surface area contributed by atoms with Crippen LogP contribution in [-0.2, 0) is 26.4 Å². The zero-order valence-electron chi connectivity index (χ0n) is 26.8. The van der Waals surface area contributed by atoms with Crippen molar-refractivity contribution in [3.63, 3.8) is 0 Å². The molecule has 4 heteroatoms. The summed E-state index contributed by atoms with van der Waals surface area (Å²) in [5.74, 6) is 8.55. The van der Waals surface area contributed by atoms with Crippen molar-refractivity contribution in [2.24, 2.45) is 71.0 Å². The Kier molecular flexibility index (Phi) is 5.41. The minimum Gasteiger partial charge on any atom is -0.744 e. The summed E-state index contributed by atoms with van der Waals surface area (Å²) >= 11 is 0. The first-order chi connectivity index (χ1) is 20.4. The Morgan fingerprint density at radius 2 is 0.744 bits per heavy atom. The van der Waals surface area contributed by atoms with Gasteiger partial charge in [0.15, 0.2) is 0 Å². The van der Waals surface area contributed by atoms with Gasteiger partial charge in [0.05, 0.1) is 4.90 Å². The molecule has 234 valence electrons. The van der Waals surface area contributed by atoms with E-state index in [9.17, 15) is 13.0 Å². The molecule has 43 heavy (non-hydrogen) atoms. The Hall–Kier alpha value is -0.870. The zero-order chi connectivity index (χ0) is 29.3. The Morgan fingerprint density at radius 1 is 0.488 bits per heavy atom. The van der Waals surface area contributed by atoms with Gasteiger partial charge in [0.25, 0.3) is 0 Å². The van der Waals surface area contributed by atoms with Gasteiger partial charge in [-0.05, 0) is 200 Å². The van der Waals surface area contributed by atoms with Crippen molar-refractivity contribution in [1.82, 2.24) is 0 Å². The van der Waals surface area contributed by atoms with Gasteiger partial charge in [-0.25, -0.2) is 8.42 Å². The highest BCUT2D eigenvalue weighted by atomic mass is 32.2. The second-order valence-electron chi connectivity index (χ2n) is 19.1. The zero-order valence-corrected chi connectivity index (χ0v) is 27.6. The highest BCUT2D eigenvalue weighted by Crippen LogP contribution is 2.68. The van der Waals surface area contributed by atoms with Gasteiger partial charge in [0.2, 0.25) is 0 Å². The molecule has 0 atom stereocenters. The molecule has 0 saturated heterocycles. The standard InChI is InChI=1S/C39H54O3S/c1-37(27-7-21-4-22(9-27)10-28(37)8-21)33-19-34(38(2)29-11-23-5-24(13-29)14-30(38)12-23)36(43(40,41)42)35(20-33)39(3)31-15-25-6-26(17-31)18-32(39)16-25/h19-32H,4-18H2,1-3H3,(H,40,41,42)/p-1. The average Bonchev–Trinajstić information content (AvgIpc) is 2.95. The molecule has 0 heterocycles. The van der Waals surface area contributed by atoms with Crippen LogP contribution in [0.25, 0.3) is 0 Å². The third-order valence-electron chi connectivity index (χ3n) is 17.6. The Morgan fingerprint density at radius 3 is 1.00 bits per heavy atom. The van der Waals surface area contributed by atoms with Crippen LogP contribution in [0.4, 0.5) is 0 Å². The van der Waals surface area contributed by atoms with E-state index < -0.39 is 10.1 Å². The predicted octanol–water partition coefficient (Wildman–Crippen LogP) is 8.73. The molecule has 1 aromatic carbocycles. The molecule has 12 fully saturated rings. The molecule has 12 bridgehead atoms. The molecule has 1 aromatic rings. The van der Waals surface area contributed by atoms with Crippen LogP contribution in [0, 0.1) is 71.0 Å². The van der Waals surface area contributed by atoms with E-state index >= 15 is 0 Å². The molecule has 3 nitrogen and oxygen atoms in total. The maximum absolute atomic E-state index is 13.9. The Bertz CT molecular complexity index is 1330. The van der Waals surface area contributed by atoms with Crippen molar-refractivity contribution in [3.05, 3.63) is 28.8 Å². The van der Waals surface area contributed by atoms with Crippen LogP contribution in [0.5, 0.6) is 0 Å². The van der Waals surface area contributed by atoms with Crippen LogP contribution in [0.1, 0.15) is 134 Å². The van der Waals surface area contributed by atoms with E-state index in [1.165, 1.54) is 102 Å². The van der Waals surface area contributed by atoms with Crippen LogP contribution in [0.3, 0.4) is 0 Å². The smallest absolute Gasteiger partial charge is 0.125 e. The molecule has 12 aliphatic carbocycles. The molecule has 0 unspecified atom stereocenters. The van der Waals surface area contributed by atoms with Gasteiger partial charge >= 0.3 is 0 Å². The summed E-state index contributed by atoms with van der Waals surface area (Å²) in [7, 11) is -4.64. The van der Waals surface area contributed by atoms with Gasteiger partial charge in [-0.1, -0.05) is 32.9 Å². The topological polar surface area (TPSA) is 57.2 Å². The van der Waals surface area contributed by atoms with E-state index in [2.05, 4.69) is 32.9 Å². The molecule has 0 spiro atoms. The summed E-state index contributed by atoms with van der Waals surface area (Å²) in [5.41, 5.74) is 3.17. The fourth-order valence-electron chi connectivity index (χ4n) is 15.9. The number of hydrogen-bond acceptors (Lipinski definition) is 3. The van der Waals surface area contributed by atoms with Gasteiger partial charge < -0.3 is 4.55 Å². The monoisotopic (exact) mass is 601 g/mol. The first kappa shape index (κ1) is 27.3. The molecule has 12 aliphatic rings. The maximum atomic E-state index is 13.9. The molecule has 0 radical (unpaired) electrons. The summed E-state index contributed by atoms with van der Waals surface area (Å²) in [4.78, 5) is 0.286. The second-order valence-corrected chi connectivity index (χ2v) is 20.4. The van der Waals surface area contributed by atoms with Gasteiger partial charge in [-0.15, -0.1) is 0 Å². The van der Waals surface area contributed by atoms with Crippen LogP contribution in [0.2, 0.25) is 0 Å². The summed E-state index contributed by atoms with van der Waals surface area (Å²) in [6, 6.07) is 4.83. The summed E-state index contributed by atoms with van der Waals surface area (Å²) in [6.07, 6.45) is 19.5. The minimum atomic E-state index is -4.64. The number of hydrogen-bond donors (Lipinski definition) is 0. The summed E-state index contributed by atoms with van der Waals surface area (Å²) < 4.78 is 41.7. The van der Waals surface area contributed by atoms with E-state index in [4.69, 9.17) is 0 Å². The number of benzene rings is 1. The highest BCUT2D eigenvalue weighted by molar-refractivity contribution is 7.85. The lowest BCUT2D eigenvalue weighted by Crippen LogP contribution is -2.57. The fourth-order valence-corrected chi connectivity index (χ4v) is 16.9. The largest absolute Gasteiger partial charge is 0.744 e. The molecule has 12 saturated carbocycles. The SMILES string of the molecule is CC1(c2cc(C3(C)C4CC5CC(C4)CC3C5)c(S(=O)(=O)[O-])c(C3(C)C4CC5CC(C4)CC3C5)c2)C2CC3CC(C2)CC1C3. The van der Waals surface area contributed by atoms with Gasteiger partial charge in [0, 0.05) is 0 Å². The fraction of sp³-hybridized carbons (Fsp3) is 0.846. The van der Waals surface area contributed by atoms with E-state index in [1.807, 2.05) is 0 Å². The third kappa shape index (κ3) is 3.45. The lowest BCUT2D eigenvalue weighted by Gasteiger charge is -2.63. The molecule has 0 N–H and O–H groups in total. The predicted molar refractivity (Wildman–Crippen MR) is 168 cm³/mol. The van der Waals surface area contributed by atoms with Gasteiger partial charge in [-0.3, -0.25) is 0 Å². The van der Waals surface area contributed by atoms with Crippen LogP contribution >= 0.6 is 0 Å². The van der Waals surface area contributed by atoms with Gasteiger partial charge in [0.1, 0.15) is 10.1 Å². The normalized spacial score (nSPS) is 55.4. The second kappa shape index (κ2) is 8.53. The summed E-state index contributed by atoms with van der Waals surface area (Å²) in [6.45, 7) is 7.47. The molecular weight excluding hydrogens is 548 g/mol. The molecule has 13 rings (SSSR count). The molecule has 0 aromatic heterocycles. The quantitative estimate of drug-likeness (QED) is 0.324. The van der Waals surface area contributed by atoms with Crippen molar-refractivity contribution in [3.8, 4) is 0 Å². The average molecular weight is 602 g/mol. The lowest BCUT2D eigenvalue weighted by molar-refractivity contribution is -0.0604. The molecular formula is C39H53O3S-. The van der Waals surface area contributed by atoms with Crippen molar-refractivity contribution < 1.29 is 13.0 Å². The molecule has 0 amide bonds. The van der Waals surface area contributed by atoms with Crippen molar-refractivity contribution in [2.75, 3.05) is 0 Å². The molecule has 0 aliphatic heterocycles. The first-order valence-corrected chi connectivity index (χ1v) is 20.0. The minimum absolute atomic E-state index is 0.104.